The molecule has 0 fully saturated rings. The number of hydrogen-bond acceptors (Lipinski definition) is 4. The zero-order valence-electron chi connectivity index (χ0n) is 12.8. The van der Waals surface area contributed by atoms with Crippen LogP contribution in [0.4, 0.5) is 20.2 Å². The van der Waals surface area contributed by atoms with Crippen LogP contribution in [0.25, 0.3) is 5.69 Å². The molecule has 0 bridgehead atoms. The molecule has 0 unspecified atom stereocenters. The minimum atomic E-state index is -0.945. The van der Waals surface area contributed by atoms with Crippen LogP contribution >= 0.6 is 0 Å². The number of pyridine rings is 1. The first kappa shape index (κ1) is 15.6. The highest BCUT2D eigenvalue weighted by atomic mass is 19.2. The molecule has 5 nitrogen and oxygen atoms in total. The molecule has 7 heteroatoms. The van der Waals surface area contributed by atoms with Crippen molar-refractivity contribution >= 4 is 11.4 Å². The van der Waals surface area contributed by atoms with Crippen LogP contribution in [-0.2, 0) is 6.42 Å². The minimum absolute atomic E-state index is 0.105. The monoisotopic (exact) mass is 325 g/mol. The Hall–Kier alpha value is -3.27. The Morgan fingerprint density at radius 2 is 2.04 bits per heavy atom. The van der Waals surface area contributed by atoms with E-state index in [1.807, 2.05) is 13.0 Å². The fourth-order valence-electron chi connectivity index (χ4n) is 2.34. The molecule has 0 saturated heterocycles. The number of rotatable bonds is 4. The van der Waals surface area contributed by atoms with E-state index in [0.717, 1.165) is 23.5 Å². The molecule has 0 amide bonds. The third-order valence-corrected chi connectivity index (χ3v) is 3.44. The molecule has 0 aliphatic heterocycles. The van der Waals surface area contributed by atoms with Gasteiger partial charge in [-0.3, -0.25) is 4.98 Å². The van der Waals surface area contributed by atoms with Crippen molar-refractivity contribution in [2.24, 2.45) is 0 Å². The van der Waals surface area contributed by atoms with Gasteiger partial charge in [0.15, 0.2) is 11.6 Å². The Labute approximate surface area is 137 Å². The summed E-state index contributed by atoms with van der Waals surface area (Å²) >= 11 is 0. The second kappa shape index (κ2) is 6.46. The van der Waals surface area contributed by atoms with Crippen LogP contribution in [0, 0.1) is 29.9 Å². The van der Waals surface area contributed by atoms with Crippen molar-refractivity contribution in [3.05, 3.63) is 65.7 Å². The van der Waals surface area contributed by atoms with Gasteiger partial charge in [-0.2, -0.15) is 10.4 Å². The molecule has 0 saturated carbocycles. The van der Waals surface area contributed by atoms with Crippen molar-refractivity contribution in [3.63, 3.8) is 0 Å². The predicted octanol–water partition coefficient (Wildman–Crippen LogP) is 3.66. The lowest BCUT2D eigenvalue weighted by Gasteiger charge is -2.09. The Morgan fingerprint density at radius 1 is 1.21 bits per heavy atom. The molecule has 1 N–H and O–H groups in total. The number of aromatic nitrogens is 3. The first-order valence-corrected chi connectivity index (χ1v) is 7.17. The number of nitrogens with zero attached hydrogens (tertiary/aromatic N) is 4. The molecule has 120 valence electrons. The predicted molar refractivity (Wildman–Crippen MR) is 85.1 cm³/mol. The summed E-state index contributed by atoms with van der Waals surface area (Å²) in [6, 6.07) is 9.23. The van der Waals surface area contributed by atoms with Crippen molar-refractivity contribution in [1.29, 1.82) is 5.26 Å². The van der Waals surface area contributed by atoms with Crippen molar-refractivity contribution < 1.29 is 8.78 Å². The number of benzene rings is 1. The van der Waals surface area contributed by atoms with Gasteiger partial charge >= 0.3 is 0 Å². The van der Waals surface area contributed by atoms with Crippen LogP contribution in [0.3, 0.4) is 0 Å². The lowest BCUT2D eigenvalue weighted by Crippen LogP contribution is -2.04. The summed E-state index contributed by atoms with van der Waals surface area (Å²) < 4.78 is 28.0. The van der Waals surface area contributed by atoms with E-state index in [0.29, 0.717) is 17.1 Å². The number of nitriles is 1. The molecule has 0 radical (unpaired) electrons. The number of hydrogen-bond donors (Lipinski definition) is 1. The summed E-state index contributed by atoms with van der Waals surface area (Å²) in [6.45, 7) is 1.86. The maximum Gasteiger partial charge on any atom is 0.160 e. The molecule has 2 aromatic heterocycles. The van der Waals surface area contributed by atoms with Crippen LogP contribution in [0.15, 0.2) is 42.7 Å². The van der Waals surface area contributed by atoms with Gasteiger partial charge in [0.05, 0.1) is 35.8 Å². The average molecular weight is 325 g/mol. The van der Waals surface area contributed by atoms with E-state index < -0.39 is 11.6 Å². The van der Waals surface area contributed by atoms with Crippen LogP contribution in [0.1, 0.15) is 11.4 Å². The van der Waals surface area contributed by atoms with Gasteiger partial charge in [0.1, 0.15) is 0 Å². The average Bonchev–Trinajstić information content (AvgIpc) is 2.94. The van der Waals surface area contributed by atoms with Crippen LogP contribution < -0.4 is 5.32 Å². The Morgan fingerprint density at radius 3 is 2.75 bits per heavy atom. The standard InChI is InChI=1S/C17H13F2N5/c1-11-8-13(5-7-21-11)24-17(4-6-20)16(10-22-24)23-12-2-3-14(18)15(19)9-12/h2-3,5,7-10,23H,4H2,1H3. The Balaban J connectivity index is 2.00. The van der Waals surface area contributed by atoms with Crippen molar-refractivity contribution in [1.82, 2.24) is 14.8 Å². The summed E-state index contributed by atoms with van der Waals surface area (Å²) in [5.41, 5.74) is 3.13. The van der Waals surface area contributed by atoms with Gasteiger partial charge in [-0.05, 0) is 31.2 Å². The van der Waals surface area contributed by atoms with Crippen LogP contribution in [0.2, 0.25) is 0 Å². The number of aryl methyl sites for hydroxylation is 1. The van der Waals surface area contributed by atoms with E-state index in [9.17, 15) is 8.78 Å². The molecule has 0 aliphatic carbocycles. The van der Waals surface area contributed by atoms with E-state index in [2.05, 4.69) is 21.5 Å². The van der Waals surface area contributed by atoms with Gasteiger partial charge in [-0.1, -0.05) is 0 Å². The van der Waals surface area contributed by atoms with E-state index in [1.165, 1.54) is 6.07 Å². The summed E-state index contributed by atoms with van der Waals surface area (Å²) in [5.74, 6) is -1.86. The van der Waals surface area contributed by atoms with Gasteiger partial charge in [-0.15, -0.1) is 0 Å². The molecule has 3 rings (SSSR count). The molecule has 0 aliphatic rings. The smallest absolute Gasteiger partial charge is 0.160 e. The second-order valence-electron chi connectivity index (χ2n) is 5.16. The molecular formula is C17H13F2N5. The van der Waals surface area contributed by atoms with E-state index in [4.69, 9.17) is 5.26 Å². The molecule has 0 spiro atoms. The minimum Gasteiger partial charge on any atom is -0.353 e. The van der Waals surface area contributed by atoms with Crippen molar-refractivity contribution in [2.45, 2.75) is 13.3 Å². The van der Waals surface area contributed by atoms with Crippen molar-refractivity contribution in [3.8, 4) is 11.8 Å². The Kier molecular flexibility index (Phi) is 4.20. The maximum atomic E-state index is 13.4. The number of nitrogens with one attached hydrogen (secondary N) is 1. The number of halogens is 2. The lowest BCUT2D eigenvalue weighted by molar-refractivity contribution is 0.509. The van der Waals surface area contributed by atoms with E-state index in [-0.39, 0.29) is 6.42 Å². The lowest BCUT2D eigenvalue weighted by atomic mass is 10.2. The first-order chi connectivity index (χ1) is 11.6. The highest BCUT2D eigenvalue weighted by molar-refractivity contribution is 5.62. The van der Waals surface area contributed by atoms with E-state index >= 15 is 0 Å². The highest BCUT2D eigenvalue weighted by Crippen LogP contribution is 2.25. The first-order valence-electron chi connectivity index (χ1n) is 7.17. The largest absolute Gasteiger partial charge is 0.353 e. The van der Waals surface area contributed by atoms with Crippen LogP contribution in [0.5, 0.6) is 0 Å². The molecular weight excluding hydrogens is 312 g/mol. The SMILES string of the molecule is Cc1cc(-n2ncc(Nc3ccc(F)c(F)c3)c2CC#N)ccn1. The second-order valence-corrected chi connectivity index (χ2v) is 5.16. The fraction of sp³-hybridized carbons (Fsp3) is 0.118. The summed E-state index contributed by atoms with van der Waals surface area (Å²) in [7, 11) is 0. The summed E-state index contributed by atoms with van der Waals surface area (Å²) in [5, 5.41) is 16.4. The summed E-state index contributed by atoms with van der Waals surface area (Å²) in [6.07, 6.45) is 3.31. The highest BCUT2D eigenvalue weighted by Gasteiger charge is 2.13. The molecule has 0 atom stereocenters. The molecule has 1 aromatic carbocycles. The fourth-order valence-corrected chi connectivity index (χ4v) is 2.34. The van der Waals surface area contributed by atoms with Gasteiger partial charge in [0.2, 0.25) is 0 Å². The maximum absolute atomic E-state index is 13.4. The zero-order valence-corrected chi connectivity index (χ0v) is 12.8. The molecule has 2 heterocycles. The van der Waals surface area contributed by atoms with Gasteiger partial charge in [0, 0.05) is 23.6 Å². The van der Waals surface area contributed by atoms with E-state index in [1.54, 1.807) is 23.1 Å². The van der Waals surface area contributed by atoms with Gasteiger partial charge in [0.25, 0.3) is 0 Å². The zero-order chi connectivity index (χ0) is 17.1. The van der Waals surface area contributed by atoms with Gasteiger partial charge < -0.3 is 5.32 Å². The molecule has 24 heavy (non-hydrogen) atoms. The number of anilines is 2. The Bertz CT molecular complexity index is 927. The van der Waals surface area contributed by atoms with Crippen LogP contribution in [-0.4, -0.2) is 14.8 Å². The molecule has 3 aromatic rings. The summed E-state index contributed by atoms with van der Waals surface area (Å²) in [4.78, 5) is 4.13. The topological polar surface area (TPSA) is 66.5 Å². The third kappa shape index (κ3) is 3.08. The quantitative estimate of drug-likeness (QED) is 0.795. The third-order valence-electron chi connectivity index (χ3n) is 3.44. The van der Waals surface area contributed by atoms with Gasteiger partial charge in [-0.25, -0.2) is 13.5 Å². The normalized spacial score (nSPS) is 10.4. The van der Waals surface area contributed by atoms with Crippen molar-refractivity contribution in [2.75, 3.05) is 5.32 Å².